The van der Waals surface area contributed by atoms with Crippen LogP contribution in [0.2, 0.25) is 0 Å². The summed E-state index contributed by atoms with van der Waals surface area (Å²) in [5, 5.41) is 9.19. The van der Waals surface area contributed by atoms with Crippen LogP contribution in [0.4, 0.5) is 5.69 Å². The number of Topliss-reactive ketones (excluding diaryl/α,β-unsaturated/α-hetero) is 1. The number of hydrogen-bond acceptors (Lipinski definition) is 3. The molecule has 1 aromatic rings. The van der Waals surface area contributed by atoms with Crippen molar-refractivity contribution >= 4 is 11.5 Å². The molecule has 1 aromatic carbocycles. The molecule has 1 aliphatic rings. The van der Waals surface area contributed by atoms with Crippen LogP contribution in [0.15, 0.2) is 30.5 Å². The van der Waals surface area contributed by atoms with Gasteiger partial charge in [-0.2, -0.15) is 5.26 Å². The Labute approximate surface area is 139 Å². The fraction of sp³-hybridized carbons (Fsp3) is 0.500. The molecule has 0 radical (unpaired) electrons. The number of hydrogen-bond donors (Lipinski definition) is 0. The smallest absolute Gasteiger partial charge is 0.133 e. The van der Waals surface area contributed by atoms with Gasteiger partial charge in [-0.1, -0.05) is 26.0 Å². The predicted octanol–water partition coefficient (Wildman–Crippen LogP) is 4.75. The van der Waals surface area contributed by atoms with Gasteiger partial charge in [-0.3, -0.25) is 4.79 Å². The monoisotopic (exact) mass is 310 g/mol. The number of allylic oxidation sites excluding steroid dienone is 1. The first-order valence-corrected chi connectivity index (χ1v) is 8.43. The van der Waals surface area contributed by atoms with Gasteiger partial charge in [0.05, 0.1) is 11.6 Å². The summed E-state index contributed by atoms with van der Waals surface area (Å²) in [6, 6.07) is 8.02. The average molecular weight is 310 g/mol. The van der Waals surface area contributed by atoms with Crippen molar-refractivity contribution < 1.29 is 4.79 Å². The Morgan fingerprint density at radius 2 is 2.22 bits per heavy atom. The van der Waals surface area contributed by atoms with Gasteiger partial charge in [-0.15, -0.1) is 0 Å². The van der Waals surface area contributed by atoms with E-state index in [0.717, 1.165) is 43.5 Å². The number of anilines is 1. The lowest BCUT2D eigenvalue weighted by atomic mass is 9.74. The zero-order valence-corrected chi connectivity index (χ0v) is 14.4. The largest absolute Gasteiger partial charge is 0.347 e. The van der Waals surface area contributed by atoms with Crippen LogP contribution in [0.1, 0.15) is 57.1 Å². The minimum atomic E-state index is 0.00248. The molecule has 1 saturated carbocycles. The molecule has 0 N–H and O–H groups in total. The number of carbonyl (C=O) groups excluding carboxylic acids is 1. The Hall–Kier alpha value is -2.08. The maximum atomic E-state index is 11.9. The van der Waals surface area contributed by atoms with Crippen LogP contribution in [-0.4, -0.2) is 12.3 Å². The number of carbonyl (C=O) groups is 1. The fourth-order valence-electron chi connectivity index (χ4n) is 3.35. The highest BCUT2D eigenvalue weighted by molar-refractivity contribution is 5.80. The molecule has 1 fully saturated rings. The van der Waals surface area contributed by atoms with Gasteiger partial charge < -0.3 is 4.90 Å². The van der Waals surface area contributed by atoms with Crippen LogP contribution in [0.3, 0.4) is 0 Å². The van der Waals surface area contributed by atoms with E-state index < -0.39 is 0 Å². The standard InChI is InChI=1S/C20H26N2O/c1-4-5-11-22(15-20(3)10-6-7-18(23)13-20)19-12-17(14-21)9-8-16(19)2/h5,8-9,11-12H,4,6-7,10,13,15H2,1-3H3/b11-5-/t20-/m0/s1. The lowest BCUT2D eigenvalue weighted by molar-refractivity contribution is -0.123. The molecule has 1 aliphatic carbocycles. The molecule has 2 rings (SSSR count). The van der Waals surface area contributed by atoms with Crippen LogP contribution in [0.25, 0.3) is 0 Å². The quantitative estimate of drug-likeness (QED) is 0.788. The van der Waals surface area contributed by atoms with E-state index in [9.17, 15) is 10.1 Å². The Balaban J connectivity index is 2.32. The molecule has 0 aromatic heterocycles. The maximum absolute atomic E-state index is 11.9. The van der Waals surface area contributed by atoms with E-state index in [1.54, 1.807) is 0 Å². The lowest BCUT2D eigenvalue weighted by Crippen LogP contribution is -2.37. The molecule has 0 aliphatic heterocycles. The van der Waals surface area contributed by atoms with Gasteiger partial charge in [0, 0.05) is 31.3 Å². The number of rotatable bonds is 5. The van der Waals surface area contributed by atoms with E-state index in [1.165, 1.54) is 0 Å². The van der Waals surface area contributed by atoms with E-state index in [1.807, 2.05) is 18.2 Å². The van der Waals surface area contributed by atoms with Crippen LogP contribution < -0.4 is 4.90 Å². The number of nitriles is 1. The SMILES string of the molecule is CC/C=C\N(C[C@@]1(C)CCCC(=O)C1)c1cc(C#N)ccc1C. The summed E-state index contributed by atoms with van der Waals surface area (Å²) in [4.78, 5) is 14.1. The third kappa shape index (κ3) is 4.45. The van der Waals surface area contributed by atoms with Gasteiger partial charge in [0.1, 0.15) is 5.78 Å². The van der Waals surface area contributed by atoms with Crippen molar-refractivity contribution in [3.8, 4) is 6.07 Å². The van der Waals surface area contributed by atoms with Crippen LogP contribution >= 0.6 is 0 Å². The lowest BCUT2D eigenvalue weighted by Gasteiger charge is -2.38. The topological polar surface area (TPSA) is 44.1 Å². The first-order valence-electron chi connectivity index (χ1n) is 8.43. The van der Waals surface area contributed by atoms with Crippen molar-refractivity contribution in [1.82, 2.24) is 0 Å². The predicted molar refractivity (Wildman–Crippen MR) is 94.3 cm³/mol. The maximum Gasteiger partial charge on any atom is 0.133 e. The van der Waals surface area contributed by atoms with Crippen molar-refractivity contribution in [1.29, 1.82) is 5.26 Å². The summed E-state index contributed by atoms with van der Waals surface area (Å²) in [6.45, 7) is 7.20. The van der Waals surface area contributed by atoms with E-state index in [2.05, 4.69) is 44.0 Å². The van der Waals surface area contributed by atoms with E-state index >= 15 is 0 Å². The Morgan fingerprint density at radius 1 is 1.43 bits per heavy atom. The summed E-state index contributed by atoms with van der Waals surface area (Å²) in [7, 11) is 0. The van der Waals surface area contributed by atoms with Crippen LogP contribution in [0, 0.1) is 23.7 Å². The fourth-order valence-corrected chi connectivity index (χ4v) is 3.35. The molecule has 0 saturated heterocycles. The second kappa shape index (κ2) is 7.46. The van der Waals surface area contributed by atoms with Gasteiger partial charge in [0.15, 0.2) is 0 Å². The average Bonchev–Trinajstić information content (AvgIpc) is 2.51. The minimum absolute atomic E-state index is 0.00248. The summed E-state index contributed by atoms with van der Waals surface area (Å²) in [5.41, 5.74) is 2.89. The van der Waals surface area contributed by atoms with Crippen molar-refractivity contribution in [3.05, 3.63) is 41.6 Å². The van der Waals surface area contributed by atoms with Crippen molar-refractivity contribution in [2.24, 2.45) is 5.41 Å². The van der Waals surface area contributed by atoms with E-state index in [0.29, 0.717) is 17.8 Å². The van der Waals surface area contributed by atoms with E-state index in [-0.39, 0.29) is 5.41 Å². The molecule has 3 heteroatoms. The Kier molecular flexibility index (Phi) is 5.60. The summed E-state index contributed by atoms with van der Waals surface area (Å²) in [5.74, 6) is 0.376. The zero-order valence-electron chi connectivity index (χ0n) is 14.4. The highest BCUT2D eigenvalue weighted by Gasteiger charge is 2.33. The summed E-state index contributed by atoms with van der Waals surface area (Å²) >= 11 is 0. The highest BCUT2D eigenvalue weighted by atomic mass is 16.1. The summed E-state index contributed by atoms with van der Waals surface area (Å²) in [6.07, 6.45) is 8.64. The second-order valence-corrected chi connectivity index (χ2v) is 6.91. The zero-order chi connectivity index (χ0) is 16.9. The normalized spacial score (nSPS) is 21.4. The summed E-state index contributed by atoms with van der Waals surface area (Å²) < 4.78 is 0. The highest BCUT2D eigenvalue weighted by Crippen LogP contribution is 2.36. The molecular weight excluding hydrogens is 284 g/mol. The first-order chi connectivity index (χ1) is 11.0. The first kappa shape index (κ1) is 17.3. The number of benzene rings is 1. The Bertz CT molecular complexity index is 642. The van der Waals surface area contributed by atoms with Gasteiger partial charge in [-0.25, -0.2) is 0 Å². The van der Waals surface area contributed by atoms with Crippen molar-refractivity contribution in [3.63, 3.8) is 0 Å². The number of aryl methyl sites for hydroxylation is 1. The molecule has 1 atom stereocenters. The van der Waals surface area contributed by atoms with Crippen LogP contribution in [0.5, 0.6) is 0 Å². The Morgan fingerprint density at radius 3 is 2.87 bits per heavy atom. The molecule has 0 heterocycles. The third-order valence-electron chi connectivity index (χ3n) is 4.58. The minimum Gasteiger partial charge on any atom is -0.347 e. The molecular formula is C20H26N2O. The molecule has 0 bridgehead atoms. The van der Waals surface area contributed by atoms with Gasteiger partial charge in [-0.05, 0) is 49.3 Å². The van der Waals surface area contributed by atoms with Gasteiger partial charge in [0.25, 0.3) is 0 Å². The van der Waals surface area contributed by atoms with Gasteiger partial charge in [0.2, 0.25) is 0 Å². The number of nitrogens with zero attached hydrogens (tertiary/aromatic N) is 2. The van der Waals surface area contributed by atoms with Gasteiger partial charge >= 0.3 is 0 Å². The number of ketones is 1. The van der Waals surface area contributed by atoms with Crippen molar-refractivity contribution in [2.75, 3.05) is 11.4 Å². The molecule has 3 nitrogen and oxygen atoms in total. The van der Waals surface area contributed by atoms with Crippen molar-refractivity contribution in [2.45, 2.75) is 52.9 Å². The molecule has 0 unspecified atom stereocenters. The molecule has 23 heavy (non-hydrogen) atoms. The second-order valence-electron chi connectivity index (χ2n) is 6.91. The van der Waals surface area contributed by atoms with Crippen LogP contribution in [-0.2, 0) is 4.79 Å². The third-order valence-corrected chi connectivity index (χ3v) is 4.58. The van der Waals surface area contributed by atoms with E-state index in [4.69, 9.17) is 0 Å². The molecule has 0 amide bonds. The molecule has 122 valence electrons. The molecule has 0 spiro atoms.